The van der Waals surface area contributed by atoms with Crippen LogP contribution in [0.25, 0.3) is 0 Å². The minimum Gasteiger partial charge on any atom is -0.473 e. The Hall–Kier alpha value is -0.160. The summed E-state index contributed by atoms with van der Waals surface area (Å²) < 4.78 is 5.64. The molecule has 1 aromatic carbocycles. The summed E-state index contributed by atoms with van der Waals surface area (Å²) in [5.41, 5.74) is 3.85. The number of halogens is 4. The standard InChI is InChI=1S/C6H4Br4N2.C2H2O4/c7-4-1-3(11-12-10)2-5(8)6(4)9;3-1(4)2(5)6/h1-2,11-12H;(H,3,4)(H,5,6). The Bertz CT molecular complexity index is 420. The second-order valence-corrected chi connectivity index (χ2v) is 5.48. The zero-order valence-corrected chi connectivity index (χ0v) is 14.7. The van der Waals surface area contributed by atoms with Gasteiger partial charge in [0, 0.05) is 29.6 Å². The molecule has 0 aliphatic carbocycles. The van der Waals surface area contributed by atoms with Crippen LogP contribution >= 0.6 is 63.9 Å². The predicted molar refractivity (Wildman–Crippen MR) is 80.5 cm³/mol. The Morgan fingerprint density at radius 3 is 1.67 bits per heavy atom. The van der Waals surface area contributed by atoms with Gasteiger partial charge in [-0.2, -0.15) is 4.45 Å². The third-order valence-corrected chi connectivity index (χ3v) is 4.73. The third-order valence-electron chi connectivity index (χ3n) is 1.36. The van der Waals surface area contributed by atoms with Gasteiger partial charge in [-0.15, -0.1) is 0 Å². The maximum Gasteiger partial charge on any atom is 0.414 e. The summed E-state index contributed by atoms with van der Waals surface area (Å²) in [4.78, 5) is 18.2. The van der Waals surface area contributed by atoms with Crippen molar-refractivity contribution in [2.24, 2.45) is 0 Å². The average molecular weight is 514 g/mol. The van der Waals surface area contributed by atoms with E-state index in [2.05, 4.69) is 73.8 Å². The van der Waals surface area contributed by atoms with Crippen LogP contribution in [-0.4, -0.2) is 22.2 Å². The van der Waals surface area contributed by atoms with Crippen molar-refractivity contribution in [3.05, 3.63) is 25.6 Å². The number of carbonyl (C=O) groups is 2. The molecule has 0 spiro atoms. The molecule has 0 radical (unpaired) electrons. The van der Waals surface area contributed by atoms with Crippen molar-refractivity contribution in [1.29, 1.82) is 0 Å². The summed E-state index contributed by atoms with van der Waals surface area (Å²) in [7, 11) is 0. The van der Waals surface area contributed by atoms with E-state index in [1.165, 1.54) is 0 Å². The van der Waals surface area contributed by atoms with Crippen molar-refractivity contribution in [1.82, 2.24) is 4.45 Å². The molecule has 0 amide bonds. The largest absolute Gasteiger partial charge is 0.473 e. The number of benzene rings is 1. The monoisotopic (exact) mass is 510 g/mol. The summed E-state index contributed by atoms with van der Waals surface area (Å²) in [5.74, 6) is -3.65. The van der Waals surface area contributed by atoms with E-state index in [4.69, 9.17) is 19.8 Å². The van der Waals surface area contributed by atoms with Gasteiger partial charge >= 0.3 is 11.9 Å². The van der Waals surface area contributed by atoms with Crippen molar-refractivity contribution in [2.75, 3.05) is 5.43 Å². The molecule has 0 bridgehead atoms. The zero-order chi connectivity index (χ0) is 14.3. The van der Waals surface area contributed by atoms with E-state index >= 15 is 0 Å². The molecule has 4 N–H and O–H groups in total. The topological polar surface area (TPSA) is 98.7 Å². The van der Waals surface area contributed by atoms with Gasteiger partial charge in [-0.3, -0.25) is 0 Å². The van der Waals surface area contributed by atoms with Crippen LogP contribution in [0.5, 0.6) is 0 Å². The van der Waals surface area contributed by atoms with Gasteiger partial charge in [0.05, 0.1) is 5.69 Å². The smallest absolute Gasteiger partial charge is 0.414 e. The van der Waals surface area contributed by atoms with E-state index < -0.39 is 11.9 Å². The van der Waals surface area contributed by atoms with Gasteiger partial charge in [-0.25, -0.2) is 9.59 Å². The fourth-order valence-corrected chi connectivity index (χ4v) is 2.33. The van der Waals surface area contributed by atoms with Crippen molar-refractivity contribution in [2.45, 2.75) is 0 Å². The fraction of sp³-hybridized carbons (Fsp3) is 0. The van der Waals surface area contributed by atoms with Crippen LogP contribution < -0.4 is 9.88 Å². The number of nitrogens with one attached hydrogen (secondary N) is 2. The number of carboxylic acid groups (broad SMARTS) is 2. The maximum absolute atomic E-state index is 9.10. The van der Waals surface area contributed by atoms with Crippen LogP contribution in [0.3, 0.4) is 0 Å². The van der Waals surface area contributed by atoms with Gasteiger partial charge in [0.25, 0.3) is 0 Å². The lowest BCUT2D eigenvalue weighted by Crippen LogP contribution is -2.09. The number of carboxylic acids is 2. The van der Waals surface area contributed by atoms with E-state index in [1.54, 1.807) is 0 Å². The SMILES string of the molecule is BrNNc1cc(Br)c(Br)c(Br)c1.O=C(O)C(=O)O. The van der Waals surface area contributed by atoms with Crippen LogP contribution in [0.15, 0.2) is 25.6 Å². The highest BCUT2D eigenvalue weighted by molar-refractivity contribution is 9.14. The molecule has 1 rings (SSSR count). The van der Waals surface area contributed by atoms with Crippen molar-refractivity contribution >= 4 is 81.6 Å². The molecule has 0 saturated carbocycles. The predicted octanol–water partition coefficient (Wildman–Crippen LogP) is 3.36. The first-order valence-corrected chi connectivity index (χ1v) is 7.19. The number of hydrazine groups is 1. The summed E-state index contributed by atoms with van der Waals surface area (Å²) in [6.07, 6.45) is 0. The summed E-state index contributed by atoms with van der Waals surface area (Å²) >= 11 is 13.3. The Labute approximate surface area is 136 Å². The number of aliphatic carboxylic acids is 2. The van der Waals surface area contributed by atoms with E-state index in [9.17, 15) is 0 Å². The lowest BCUT2D eigenvalue weighted by Gasteiger charge is -2.06. The minimum absolute atomic E-state index is 0.953. The Kier molecular flexibility index (Phi) is 8.78. The molecule has 0 saturated heterocycles. The molecular formula is C8H6Br4N2O4. The van der Waals surface area contributed by atoms with Crippen molar-refractivity contribution in [3.63, 3.8) is 0 Å². The number of anilines is 1. The molecule has 6 nitrogen and oxygen atoms in total. The van der Waals surface area contributed by atoms with Gasteiger partial charge in [0.1, 0.15) is 0 Å². The van der Waals surface area contributed by atoms with Gasteiger partial charge in [-0.05, 0) is 59.9 Å². The highest BCUT2D eigenvalue weighted by Gasteiger charge is 2.04. The number of hydrogen-bond donors (Lipinski definition) is 4. The quantitative estimate of drug-likeness (QED) is 0.210. The molecule has 0 unspecified atom stereocenters. The molecule has 10 heteroatoms. The first kappa shape index (κ1) is 17.8. The Balaban J connectivity index is 0.000000411. The van der Waals surface area contributed by atoms with Gasteiger partial charge in [-0.1, -0.05) is 0 Å². The molecule has 100 valence electrons. The second-order valence-electron chi connectivity index (χ2n) is 2.58. The molecule has 0 atom stereocenters. The van der Waals surface area contributed by atoms with Crippen molar-refractivity contribution < 1.29 is 19.8 Å². The van der Waals surface area contributed by atoms with E-state index in [1.807, 2.05) is 12.1 Å². The normalized spacial score (nSPS) is 9.11. The summed E-state index contributed by atoms with van der Waals surface area (Å²) in [6, 6.07) is 3.90. The molecule has 0 heterocycles. The maximum atomic E-state index is 9.10. The summed E-state index contributed by atoms with van der Waals surface area (Å²) in [6.45, 7) is 0. The van der Waals surface area contributed by atoms with Gasteiger partial charge in [0.2, 0.25) is 0 Å². The van der Waals surface area contributed by atoms with E-state index in [-0.39, 0.29) is 0 Å². The van der Waals surface area contributed by atoms with E-state index in [0.29, 0.717) is 0 Å². The van der Waals surface area contributed by atoms with Gasteiger partial charge in [0.15, 0.2) is 0 Å². The van der Waals surface area contributed by atoms with Crippen LogP contribution in [0.4, 0.5) is 5.69 Å². The molecule has 0 aliphatic heterocycles. The van der Waals surface area contributed by atoms with Crippen molar-refractivity contribution in [3.8, 4) is 0 Å². The molecule has 0 aromatic heterocycles. The minimum atomic E-state index is -1.82. The lowest BCUT2D eigenvalue weighted by atomic mass is 10.3. The fourth-order valence-electron chi connectivity index (χ4n) is 0.682. The second kappa shape index (κ2) is 8.86. The molecule has 0 aliphatic rings. The highest BCUT2D eigenvalue weighted by atomic mass is 79.9. The molecule has 1 aromatic rings. The Morgan fingerprint density at radius 2 is 1.39 bits per heavy atom. The van der Waals surface area contributed by atoms with Crippen LogP contribution in [0.2, 0.25) is 0 Å². The van der Waals surface area contributed by atoms with Gasteiger partial charge < -0.3 is 15.6 Å². The molecule has 0 fully saturated rings. The van der Waals surface area contributed by atoms with E-state index in [0.717, 1.165) is 19.1 Å². The first-order chi connectivity index (χ1) is 8.29. The molecule has 18 heavy (non-hydrogen) atoms. The van der Waals surface area contributed by atoms with Crippen LogP contribution in [0, 0.1) is 0 Å². The zero-order valence-electron chi connectivity index (χ0n) is 8.38. The first-order valence-electron chi connectivity index (χ1n) is 4.02. The third kappa shape index (κ3) is 6.69. The lowest BCUT2D eigenvalue weighted by molar-refractivity contribution is -0.159. The van der Waals surface area contributed by atoms with Crippen LogP contribution in [0.1, 0.15) is 0 Å². The molecular weight excluding hydrogens is 508 g/mol. The van der Waals surface area contributed by atoms with Crippen LogP contribution in [-0.2, 0) is 9.59 Å². The Morgan fingerprint density at radius 1 is 1.00 bits per heavy atom. The highest BCUT2D eigenvalue weighted by Crippen LogP contribution is 2.33. The summed E-state index contributed by atoms with van der Waals surface area (Å²) in [5, 5.41) is 14.8. The average Bonchev–Trinajstić information content (AvgIpc) is 2.27. The number of rotatable bonds is 2. The number of hydrogen-bond acceptors (Lipinski definition) is 4.